The third kappa shape index (κ3) is 3.78. The zero-order valence-electron chi connectivity index (χ0n) is 16.7. The van der Waals surface area contributed by atoms with Crippen molar-refractivity contribution in [3.05, 3.63) is 65.1 Å². The Balaban J connectivity index is 0.000000134. The molecule has 1 aromatic carbocycles. The van der Waals surface area contributed by atoms with Crippen molar-refractivity contribution in [3.63, 3.8) is 0 Å². The number of aryl methyl sites for hydroxylation is 1. The van der Waals surface area contributed by atoms with Crippen molar-refractivity contribution in [2.24, 2.45) is 18.9 Å². The van der Waals surface area contributed by atoms with Gasteiger partial charge in [0.15, 0.2) is 29.1 Å². The Hall–Kier alpha value is -3.63. The second-order valence-corrected chi connectivity index (χ2v) is 7.80. The van der Waals surface area contributed by atoms with E-state index in [0.29, 0.717) is 17.1 Å². The van der Waals surface area contributed by atoms with E-state index < -0.39 is 11.6 Å². The van der Waals surface area contributed by atoms with Gasteiger partial charge in [0.1, 0.15) is 12.9 Å². The fraction of sp³-hybridized carbons (Fsp3) is 0.350. The number of imidazole rings is 1. The molecule has 0 spiro atoms. The quantitative estimate of drug-likeness (QED) is 0.493. The number of rotatable bonds is 3. The minimum Gasteiger partial charge on any atom is -0.371 e. The SMILES string of the molecule is Cn1cnc2ncn(Cc3ncno3)c(=O)c21.Fc1ccc(N2CC3CC3C2)cc1F. The maximum absolute atomic E-state index is 12.9. The van der Waals surface area contributed by atoms with E-state index in [1.807, 2.05) is 0 Å². The molecule has 0 amide bonds. The predicted molar refractivity (Wildman–Crippen MR) is 106 cm³/mol. The lowest BCUT2D eigenvalue weighted by atomic mass is 10.2. The highest BCUT2D eigenvalue weighted by Gasteiger charge is 2.45. The molecule has 160 valence electrons. The molecule has 9 nitrogen and oxygen atoms in total. The van der Waals surface area contributed by atoms with Crippen molar-refractivity contribution < 1.29 is 13.3 Å². The number of anilines is 1. The molecule has 2 fully saturated rings. The Labute approximate surface area is 175 Å². The van der Waals surface area contributed by atoms with E-state index >= 15 is 0 Å². The van der Waals surface area contributed by atoms with Crippen molar-refractivity contribution in [1.29, 1.82) is 0 Å². The average molecular weight is 427 g/mol. The summed E-state index contributed by atoms with van der Waals surface area (Å²) in [6, 6.07) is 4.15. The summed E-state index contributed by atoms with van der Waals surface area (Å²) < 4.78 is 33.5. The Bertz CT molecular complexity index is 1270. The highest BCUT2D eigenvalue weighted by Crippen LogP contribution is 2.46. The van der Waals surface area contributed by atoms with Gasteiger partial charge in [0, 0.05) is 31.9 Å². The molecule has 1 saturated carbocycles. The predicted octanol–water partition coefficient (Wildman–Crippen LogP) is 1.98. The van der Waals surface area contributed by atoms with Gasteiger partial charge in [-0.2, -0.15) is 4.98 Å². The number of aromatic nitrogens is 6. The third-order valence-corrected chi connectivity index (χ3v) is 5.66. The molecular weight excluding hydrogens is 408 g/mol. The summed E-state index contributed by atoms with van der Waals surface area (Å²) in [5, 5.41) is 3.48. The van der Waals surface area contributed by atoms with Crippen molar-refractivity contribution in [2.45, 2.75) is 13.0 Å². The van der Waals surface area contributed by atoms with Crippen molar-refractivity contribution in [3.8, 4) is 0 Å². The van der Waals surface area contributed by atoms with Crippen LogP contribution in [-0.4, -0.2) is 42.3 Å². The molecular formula is C20H19F2N7O2. The fourth-order valence-electron chi connectivity index (χ4n) is 3.89. The van der Waals surface area contributed by atoms with E-state index in [9.17, 15) is 13.6 Å². The van der Waals surface area contributed by atoms with Crippen molar-refractivity contribution >= 4 is 16.9 Å². The largest absolute Gasteiger partial charge is 0.371 e. The number of nitrogens with zero attached hydrogens (tertiary/aromatic N) is 7. The van der Waals surface area contributed by atoms with Crippen molar-refractivity contribution in [1.82, 2.24) is 29.2 Å². The molecule has 1 aliphatic heterocycles. The summed E-state index contributed by atoms with van der Waals surface area (Å²) >= 11 is 0. The molecule has 0 N–H and O–H groups in total. The van der Waals surface area contributed by atoms with Crippen LogP contribution in [0.25, 0.3) is 11.2 Å². The highest BCUT2D eigenvalue weighted by molar-refractivity contribution is 5.68. The molecule has 2 unspecified atom stereocenters. The van der Waals surface area contributed by atoms with Crippen LogP contribution in [0.2, 0.25) is 0 Å². The fourth-order valence-corrected chi connectivity index (χ4v) is 3.89. The Kier molecular flexibility index (Phi) is 4.72. The summed E-state index contributed by atoms with van der Waals surface area (Å²) in [4.78, 5) is 26.2. The van der Waals surface area contributed by atoms with Crippen LogP contribution in [0.5, 0.6) is 0 Å². The number of halogens is 2. The van der Waals surface area contributed by atoms with E-state index in [-0.39, 0.29) is 12.1 Å². The minimum atomic E-state index is -0.766. The molecule has 6 rings (SSSR count). The van der Waals surface area contributed by atoms with Crippen LogP contribution in [0.1, 0.15) is 12.3 Å². The number of fused-ring (bicyclic) bond motifs is 2. The topological polar surface area (TPSA) is 94.9 Å². The highest BCUT2D eigenvalue weighted by atomic mass is 19.2. The smallest absolute Gasteiger partial charge is 0.280 e. The van der Waals surface area contributed by atoms with Crippen LogP contribution in [0.15, 0.2) is 46.5 Å². The number of hydrogen-bond donors (Lipinski definition) is 0. The number of hydrogen-bond acceptors (Lipinski definition) is 7. The molecule has 0 radical (unpaired) electrons. The number of piperidine rings is 1. The third-order valence-electron chi connectivity index (χ3n) is 5.66. The van der Waals surface area contributed by atoms with Crippen LogP contribution in [-0.2, 0) is 13.6 Å². The second kappa shape index (κ2) is 7.56. The van der Waals surface area contributed by atoms with E-state index in [2.05, 4.69) is 25.0 Å². The van der Waals surface area contributed by atoms with E-state index in [1.54, 1.807) is 24.0 Å². The molecule has 31 heavy (non-hydrogen) atoms. The molecule has 2 aliphatic rings. The molecule has 4 heterocycles. The standard InChI is InChI=1S/C11H11F2N.C9H8N6O2/c12-10-2-1-9(4-11(10)13)14-5-7-3-8(7)6-14;1-14-4-11-8-7(14)9(16)15(5-12-8)2-6-10-3-13-17-6/h1-2,4,7-8H,3,5-6H2;3-5H,2H2,1H3. The van der Waals surface area contributed by atoms with Crippen molar-refractivity contribution in [2.75, 3.05) is 18.0 Å². The van der Waals surface area contributed by atoms with Crippen LogP contribution >= 0.6 is 0 Å². The summed E-state index contributed by atoms with van der Waals surface area (Å²) in [6.45, 7) is 2.22. The normalized spacial score (nSPS) is 19.3. The van der Waals surface area contributed by atoms with Crippen LogP contribution in [0.4, 0.5) is 14.5 Å². The molecule has 2 atom stereocenters. The van der Waals surface area contributed by atoms with Gasteiger partial charge in [-0.25, -0.2) is 18.7 Å². The van der Waals surface area contributed by atoms with Crippen LogP contribution < -0.4 is 10.5 Å². The van der Waals surface area contributed by atoms with Gasteiger partial charge >= 0.3 is 0 Å². The average Bonchev–Trinajstić information content (AvgIpc) is 3.14. The first-order valence-electron chi connectivity index (χ1n) is 9.81. The zero-order chi connectivity index (χ0) is 21.5. The summed E-state index contributed by atoms with van der Waals surface area (Å²) in [5.74, 6) is 0.461. The molecule has 11 heteroatoms. The van der Waals surface area contributed by atoms with Gasteiger partial charge in [-0.05, 0) is 30.4 Å². The first-order chi connectivity index (χ1) is 15.0. The molecule has 4 aromatic rings. The number of benzene rings is 1. The lowest BCUT2D eigenvalue weighted by Crippen LogP contribution is -2.22. The lowest BCUT2D eigenvalue weighted by molar-refractivity contribution is 0.368. The Morgan fingerprint density at radius 1 is 1.10 bits per heavy atom. The summed E-state index contributed by atoms with van der Waals surface area (Å²) in [7, 11) is 1.75. The van der Waals surface area contributed by atoms with Gasteiger partial charge < -0.3 is 14.0 Å². The second-order valence-electron chi connectivity index (χ2n) is 7.80. The lowest BCUT2D eigenvalue weighted by Gasteiger charge is -2.20. The Morgan fingerprint density at radius 3 is 2.58 bits per heavy atom. The molecule has 0 bridgehead atoms. The zero-order valence-corrected chi connectivity index (χ0v) is 16.7. The van der Waals surface area contributed by atoms with Gasteiger partial charge in [-0.15, -0.1) is 0 Å². The van der Waals surface area contributed by atoms with Crippen LogP contribution in [0.3, 0.4) is 0 Å². The van der Waals surface area contributed by atoms with E-state index in [1.165, 1.54) is 35.8 Å². The molecule has 1 aliphatic carbocycles. The summed E-state index contributed by atoms with van der Waals surface area (Å²) in [5.41, 5.74) is 1.51. The van der Waals surface area contributed by atoms with Gasteiger partial charge in [-0.3, -0.25) is 9.36 Å². The van der Waals surface area contributed by atoms with Gasteiger partial charge in [0.05, 0.1) is 6.33 Å². The summed E-state index contributed by atoms with van der Waals surface area (Å²) in [6.07, 6.45) is 5.58. The Morgan fingerprint density at radius 2 is 1.87 bits per heavy atom. The first-order valence-corrected chi connectivity index (χ1v) is 9.81. The van der Waals surface area contributed by atoms with Crippen LogP contribution in [0, 0.1) is 23.5 Å². The van der Waals surface area contributed by atoms with Gasteiger partial charge in [0.2, 0.25) is 5.89 Å². The molecule has 3 aromatic heterocycles. The molecule has 1 saturated heterocycles. The first kappa shape index (κ1) is 19.3. The maximum Gasteiger partial charge on any atom is 0.280 e. The van der Waals surface area contributed by atoms with E-state index in [4.69, 9.17) is 4.52 Å². The van der Waals surface area contributed by atoms with E-state index in [0.717, 1.165) is 30.6 Å². The monoisotopic (exact) mass is 427 g/mol. The van der Waals surface area contributed by atoms with Gasteiger partial charge in [0.25, 0.3) is 5.56 Å². The van der Waals surface area contributed by atoms with Gasteiger partial charge in [-0.1, -0.05) is 5.16 Å². The maximum atomic E-state index is 12.9. The minimum absolute atomic E-state index is 0.187.